The van der Waals surface area contributed by atoms with Crippen molar-refractivity contribution < 1.29 is 14.6 Å². The molecule has 1 N–H and O–H groups in total. The van der Waals surface area contributed by atoms with E-state index in [0.717, 1.165) is 0 Å². The van der Waals surface area contributed by atoms with Gasteiger partial charge in [-0.15, -0.1) is 0 Å². The van der Waals surface area contributed by atoms with Crippen LogP contribution in [0.25, 0.3) is 0 Å². The van der Waals surface area contributed by atoms with Crippen LogP contribution in [0.15, 0.2) is 12.4 Å². The van der Waals surface area contributed by atoms with E-state index < -0.39 is 6.16 Å². The molecular formula is C6H6N2O3. The molecule has 11 heavy (non-hydrogen) atoms. The molecule has 0 spiro atoms. The molecule has 1 aromatic rings. The number of hydrogen-bond acceptors (Lipinski definition) is 4. The van der Waals surface area contributed by atoms with Gasteiger partial charge in [0.15, 0.2) is 0 Å². The van der Waals surface area contributed by atoms with E-state index in [1.54, 1.807) is 6.92 Å². The Bertz CT molecular complexity index is 257. The first-order chi connectivity index (χ1) is 5.18. The molecule has 0 unspecified atom stereocenters. The monoisotopic (exact) mass is 154 g/mol. The maximum atomic E-state index is 9.96. The maximum absolute atomic E-state index is 9.96. The number of aryl methyl sites for hydroxylation is 1. The molecule has 0 saturated carbocycles. The lowest BCUT2D eigenvalue weighted by atomic mass is 10.5. The molecule has 0 saturated heterocycles. The van der Waals surface area contributed by atoms with Crippen LogP contribution in [0.5, 0.6) is 5.88 Å². The van der Waals surface area contributed by atoms with E-state index in [9.17, 15) is 4.79 Å². The van der Waals surface area contributed by atoms with Crippen molar-refractivity contribution in [2.24, 2.45) is 0 Å². The zero-order chi connectivity index (χ0) is 8.27. The molecule has 0 aromatic carbocycles. The molecule has 0 atom stereocenters. The summed E-state index contributed by atoms with van der Waals surface area (Å²) in [6.07, 6.45) is 1.30. The molecule has 1 rings (SSSR count). The normalized spacial score (nSPS) is 9.18. The van der Waals surface area contributed by atoms with Gasteiger partial charge in [0, 0.05) is 0 Å². The summed E-state index contributed by atoms with van der Waals surface area (Å²) in [7, 11) is 0. The highest BCUT2D eigenvalue weighted by Gasteiger charge is 2.00. The minimum atomic E-state index is -1.39. The van der Waals surface area contributed by atoms with Gasteiger partial charge in [-0.2, -0.15) is 0 Å². The Morgan fingerprint density at radius 2 is 2.27 bits per heavy atom. The highest BCUT2D eigenvalue weighted by Crippen LogP contribution is 2.02. The molecule has 1 aromatic heterocycles. The second-order valence-electron chi connectivity index (χ2n) is 1.86. The smallest absolute Gasteiger partial charge is 0.449 e. The second-order valence-corrected chi connectivity index (χ2v) is 1.86. The minimum Gasteiger partial charge on any atom is -0.449 e. The van der Waals surface area contributed by atoms with Crippen LogP contribution >= 0.6 is 0 Å². The van der Waals surface area contributed by atoms with E-state index in [0.29, 0.717) is 5.69 Å². The number of carboxylic acid groups (broad SMARTS) is 1. The zero-order valence-corrected chi connectivity index (χ0v) is 5.81. The number of ether oxygens (including phenoxy) is 1. The molecule has 0 aliphatic carbocycles. The summed E-state index contributed by atoms with van der Waals surface area (Å²) in [6.45, 7) is 1.75. The Labute approximate surface area is 62.7 Å². The predicted molar refractivity (Wildman–Crippen MR) is 35.4 cm³/mol. The second kappa shape index (κ2) is 2.96. The average molecular weight is 154 g/mol. The lowest BCUT2D eigenvalue weighted by molar-refractivity contribution is 0.142. The van der Waals surface area contributed by atoms with Crippen LogP contribution in [-0.4, -0.2) is 21.2 Å². The molecule has 0 aliphatic rings. The van der Waals surface area contributed by atoms with E-state index in [2.05, 4.69) is 14.7 Å². The van der Waals surface area contributed by atoms with E-state index in [-0.39, 0.29) is 5.88 Å². The van der Waals surface area contributed by atoms with Gasteiger partial charge in [-0.3, -0.25) is 4.98 Å². The Morgan fingerprint density at radius 1 is 1.55 bits per heavy atom. The van der Waals surface area contributed by atoms with Crippen LogP contribution in [0.4, 0.5) is 4.79 Å². The fraction of sp³-hybridized carbons (Fsp3) is 0.167. The fourth-order valence-electron chi connectivity index (χ4n) is 0.523. The Balaban J connectivity index is 2.74. The van der Waals surface area contributed by atoms with E-state index in [1.807, 2.05) is 0 Å². The molecule has 0 radical (unpaired) electrons. The number of rotatable bonds is 1. The summed E-state index contributed by atoms with van der Waals surface area (Å²) < 4.78 is 4.21. The Morgan fingerprint density at radius 3 is 2.73 bits per heavy atom. The summed E-state index contributed by atoms with van der Waals surface area (Å²) in [5.74, 6) is -0.0110. The van der Waals surface area contributed by atoms with Crippen molar-refractivity contribution in [3.63, 3.8) is 0 Å². The molecule has 0 amide bonds. The van der Waals surface area contributed by atoms with Crippen LogP contribution in [-0.2, 0) is 0 Å². The van der Waals surface area contributed by atoms with Gasteiger partial charge in [-0.1, -0.05) is 0 Å². The third-order valence-electron chi connectivity index (χ3n) is 0.949. The number of aromatic nitrogens is 2. The largest absolute Gasteiger partial charge is 0.512 e. The standard InChI is InChI=1S/C6H6N2O3/c1-4-2-8-5(3-7-4)11-6(9)10/h2-3H,1H3,(H,9,10). The first-order valence-electron chi connectivity index (χ1n) is 2.88. The summed E-state index contributed by atoms with van der Waals surface area (Å²) >= 11 is 0. The third kappa shape index (κ3) is 2.21. The van der Waals surface area contributed by atoms with Crippen LogP contribution in [0.2, 0.25) is 0 Å². The molecule has 58 valence electrons. The van der Waals surface area contributed by atoms with Crippen molar-refractivity contribution in [2.45, 2.75) is 6.92 Å². The molecule has 0 aliphatic heterocycles. The molecule has 0 bridgehead atoms. The SMILES string of the molecule is Cc1cnc(OC(=O)O)cn1. The Hall–Kier alpha value is -1.65. The van der Waals surface area contributed by atoms with Crippen LogP contribution in [0, 0.1) is 6.92 Å². The van der Waals surface area contributed by atoms with E-state index in [1.165, 1.54) is 12.4 Å². The van der Waals surface area contributed by atoms with Crippen molar-refractivity contribution in [2.75, 3.05) is 0 Å². The number of carbonyl (C=O) groups is 1. The van der Waals surface area contributed by atoms with Gasteiger partial charge >= 0.3 is 6.16 Å². The van der Waals surface area contributed by atoms with Gasteiger partial charge in [0.25, 0.3) is 0 Å². The summed E-state index contributed by atoms with van der Waals surface area (Å²) in [4.78, 5) is 17.4. The minimum absolute atomic E-state index is 0.0110. The number of nitrogens with zero attached hydrogens (tertiary/aromatic N) is 2. The van der Waals surface area contributed by atoms with Gasteiger partial charge in [0.05, 0.1) is 18.1 Å². The van der Waals surface area contributed by atoms with Crippen molar-refractivity contribution in [1.82, 2.24) is 9.97 Å². The first-order valence-corrected chi connectivity index (χ1v) is 2.88. The van der Waals surface area contributed by atoms with E-state index >= 15 is 0 Å². The maximum Gasteiger partial charge on any atom is 0.512 e. The zero-order valence-electron chi connectivity index (χ0n) is 5.81. The summed E-state index contributed by atoms with van der Waals surface area (Å²) in [5.41, 5.74) is 0.711. The van der Waals surface area contributed by atoms with E-state index in [4.69, 9.17) is 5.11 Å². The summed E-state index contributed by atoms with van der Waals surface area (Å²) in [6, 6.07) is 0. The molecule has 0 fully saturated rings. The van der Waals surface area contributed by atoms with Gasteiger partial charge < -0.3 is 9.84 Å². The van der Waals surface area contributed by atoms with Crippen molar-refractivity contribution in [3.8, 4) is 5.88 Å². The Kier molecular flexibility index (Phi) is 2.00. The predicted octanol–water partition coefficient (Wildman–Crippen LogP) is 0.842. The third-order valence-corrected chi connectivity index (χ3v) is 0.949. The van der Waals surface area contributed by atoms with Crippen LogP contribution in [0.3, 0.4) is 0 Å². The van der Waals surface area contributed by atoms with Gasteiger partial charge in [0.1, 0.15) is 0 Å². The lowest BCUT2D eigenvalue weighted by Crippen LogP contribution is -2.04. The van der Waals surface area contributed by atoms with Crippen LogP contribution < -0.4 is 4.74 Å². The number of hydrogen-bond donors (Lipinski definition) is 1. The highest BCUT2D eigenvalue weighted by atomic mass is 16.7. The van der Waals surface area contributed by atoms with Crippen molar-refractivity contribution in [1.29, 1.82) is 0 Å². The highest BCUT2D eigenvalue weighted by molar-refractivity contribution is 5.59. The first kappa shape index (κ1) is 7.46. The topological polar surface area (TPSA) is 72.3 Å². The summed E-state index contributed by atoms with van der Waals surface area (Å²) in [5, 5.41) is 8.15. The van der Waals surface area contributed by atoms with Crippen molar-refractivity contribution in [3.05, 3.63) is 18.1 Å². The average Bonchev–Trinajstić information content (AvgIpc) is 1.93. The van der Waals surface area contributed by atoms with Gasteiger partial charge in [0.2, 0.25) is 5.88 Å². The van der Waals surface area contributed by atoms with Crippen LogP contribution in [0.1, 0.15) is 5.69 Å². The van der Waals surface area contributed by atoms with Gasteiger partial charge in [-0.05, 0) is 6.92 Å². The quantitative estimate of drug-likeness (QED) is 0.607. The lowest BCUT2D eigenvalue weighted by Gasteiger charge is -1.96. The fourth-order valence-corrected chi connectivity index (χ4v) is 0.523. The molecule has 5 nitrogen and oxygen atoms in total. The molecular weight excluding hydrogens is 148 g/mol. The van der Waals surface area contributed by atoms with Crippen molar-refractivity contribution >= 4 is 6.16 Å². The van der Waals surface area contributed by atoms with Gasteiger partial charge in [-0.25, -0.2) is 9.78 Å². The molecule has 5 heteroatoms. The molecule has 1 heterocycles.